The Morgan fingerprint density at radius 2 is 1.82 bits per heavy atom. The quantitative estimate of drug-likeness (QED) is 0.640. The van der Waals surface area contributed by atoms with Crippen LogP contribution in [0.3, 0.4) is 0 Å². The van der Waals surface area contributed by atoms with Gasteiger partial charge in [0.15, 0.2) is 0 Å². The van der Waals surface area contributed by atoms with E-state index in [9.17, 15) is 18.0 Å². The summed E-state index contributed by atoms with van der Waals surface area (Å²) in [6, 6.07) is 13.7. The van der Waals surface area contributed by atoms with Crippen LogP contribution < -0.4 is 4.74 Å². The number of carbonyl (C=O) groups is 1. The number of halogens is 3. The van der Waals surface area contributed by atoms with Gasteiger partial charge >= 0.3 is 6.18 Å². The number of hydrogen-bond donors (Lipinski definition) is 0. The smallest absolute Gasteiger partial charge is 0.449 e. The van der Waals surface area contributed by atoms with Crippen LogP contribution in [0.1, 0.15) is 11.4 Å². The van der Waals surface area contributed by atoms with Crippen molar-refractivity contribution in [3.63, 3.8) is 0 Å². The van der Waals surface area contributed by atoms with Gasteiger partial charge in [0.25, 0.3) is 0 Å². The number of carbonyl (C=O) groups excluding carboxylic acids is 1. The van der Waals surface area contributed by atoms with E-state index in [2.05, 4.69) is 4.98 Å². The van der Waals surface area contributed by atoms with Crippen LogP contribution in [0.25, 0.3) is 11.0 Å². The van der Waals surface area contributed by atoms with Crippen LogP contribution in [0, 0.1) is 6.92 Å². The molecular formula is C20H20F3N3O2. The zero-order valence-corrected chi connectivity index (χ0v) is 15.5. The van der Waals surface area contributed by atoms with Crippen LogP contribution >= 0.6 is 0 Å². The van der Waals surface area contributed by atoms with Gasteiger partial charge in [-0.25, -0.2) is 4.98 Å². The average molecular weight is 391 g/mol. The molecule has 0 aliphatic rings. The Balaban J connectivity index is 1.69. The van der Waals surface area contributed by atoms with Crippen LogP contribution in [0.2, 0.25) is 0 Å². The van der Waals surface area contributed by atoms with E-state index in [1.54, 1.807) is 12.1 Å². The summed E-state index contributed by atoms with van der Waals surface area (Å²) in [5, 5.41) is 0. The van der Waals surface area contributed by atoms with Crippen molar-refractivity contribution in [1.29, 1.82) is 0 Å². The number of imidazole rings is 1. The number of fused-ring (bicyclic) bond motifs is 1. The molecule has 0 bridgehead atoms. The van der Waals surface area contributed by atoms with Crippen molar-refractivity contribution in [2.24, 2.45) is 0 Å². The highest BCUT2D eigenvalue weighted by atomic mass is 19.4. The van der Waals surface area contributed by atoms with Crippen LogP contribution in [0.15, 0.2) is 48.5 Å². The number of aryl methyl sites for hydroxylation is 1. The molecule has 1 heterocycles. The molecule has 0 spiro atoms. The number of para-hydroxylation sites is 3. The molecule has 8 heteroatoms. The number of hydrogen-bond acceptors (Lipinski definition) is 3. The second kappa shape index (κ2) is 7.92. The van der Waals surface area contributed by atoms with Crippen molar-refractivity contribution in [2.75, 3.05) is 20.2 Å². The molecule has 148 valence electrons. The Hall–Kier alpha value is -3.03. The normalized spacial score (nSPS) is 11.6. The number of amides is 1. The minimum Gasteiger partial charge on any atom is -0.491 e. The Kier molecular flexibility index (Phi) is 5.58. The van der Waals surface area contributed by atoms with Crippen LogP contribution in [-0.2, 0) is 17.5 Å². The summed E-state index contributed by atoms with van der Waals surface area (Å²) < 4.78 is 46.6. The molecule has 0 unspecified atom stereocenters. The Bertz CT molecular complexity index is 982. The van der Waals surface area contributed by atoms with Gasteiger partial charge < -0.3 is 14.2 Å². The Morgan fingerprint density at radius 3 is 2.54 bits per heavy atom. The predicted octanol–water partition coefficient (Wildman–Crippen LogP) is 3.90. The molecule has 0 fully saturated rings. The van der Waals surface area contributed by atoms with Crippen molar-refractivity contribution < 1.29 is 22.7 Å². The summed E-state index contributed by atoms with van der Waals surface area (Å²) in [6.07, 6.45) is -4.65. The Morgan fingerprint density at radius 1 is 1.14 bits per heavy atom. The molecule has 2 aromatic carbocycles. The third kappa shape index (κ3) is 4.27. The molecule has 0 radical (unpaired) electrons. The maximum Gasteiger partial charge on any atom is 0.449 e. The highest BCUT2D eigenvalue weighted by Crippen LogP contribution is 2.31. The van der Waals surface area contributed by atoms with Gasteiger partial charge in [0, 0.05) is 7.05 Å². The fraction of sp³-hybridized carbons (Fsp3) is 0.300. The van der Waals surface area contributed by atoms with E-state index in [-0.39, 0.29) is 24.2 Å². The fourth-order valence-corrected chi connectivity index (χ4v) is 2.84. The largest absolute Gasteiger partial charge is 0.491 e. The maximum atomic E-state index is 13.3. The number of benzene rings is 2. The van der Waals surface area contributed by atoms with Crippen LogP contribution in [0.5, 0.6) is 5.75 Å². The first-order valence-corrected chi connectivity index (χ1v) is 8.72. The molecule has 3 aromatic rings. The summed E-state index contributed by atoms with van der Waals surface area (Å²) in [7, 11) is 1.54. The summed E-state index contributed by atoms with van der Waals surface area (Å²) in [4.78, 5) is 17.5. The molecule has 0 atom stereocenters. The van der Waals surface area contributed by atoms with Gasteiger partial charge in [-0.05, 0) is 30.7 Å². The van der Waals surface area contributed by atoms with Crippen molar-refractivity contribution in [3.8, 4) is 5.75 Å². The van der Waals surface area contributed by atoms with Gasteiger partial charge in [-0.15, -0.1) is 0 Å². The van der Waals surface area contributed by atoms with Crippen molar-refractivity contribution >= 4 is 16.9 Å². The standard InChI is InChI=1S/C20H20F3N3O2/c1-14-7-3-6-10-17(14)28-12-11-25(2)18(27)13-26-16-9-5-4-8-15(16)24-19(26)20(21,22)23/h3-10H,11-13H2,1-2H3. The van der Waals surface area contributed by atoms with Gasteiger partial charge in [-0.3, -0.25) is 4.79 Å². The zero-order valence-electron chi connectivity index (χ0n) is 15.5. The zero-order chi connectivity index (χ0) is 20.3. The lowest BCUT2D eigenvalue weighted by Crippen LogP contribution is -2.34. The van der Waals surface area contributed by atoms with Crippen molar-refractivity contribution in [1.82, 2.24) is 14.5 Å². The summed E-state index contributed by atoms with van der Waals surface area (Å²) in [6.45, 7) is 1.95. The van der Waals surface area contributed by atoms with E-state index in [4.69, 9.17) is 4.74 Å². The third-order valence-electron chi connectivity index (χ3n) is 4.41. The van der Waals surface area contributed by atoms with Gasteiger partial charge in [-0.2, -0.15) is 13.2 Å². The molecule has 0 saturated heterocycles. The number of ether oxygens (including phenoxy) is 1. The van der Waals surface area contributed by atoms with Gasteiger partial charge in [0.05, 0.1) is 17.6 Å². The second-order valence-corrected chi connectivity index (χ2v) is 6.44. The monoisotopic (exact) mass is 391 g/mol. The number of rotatable bonds is 6. The first-order valence-electron chi connectivity index (χ1n) is 8.72. The fourth-order valence-electron chi connectivity index (χ4n) is 2.84. The summed E-state index contributed by atoms with van der Waals surface area (Å²) >= 11 is 0. The lowest BCUT2D eigenvalue weighted by Gasteiger charge is -2.19. The second-order valence-electron chi connectivity index (χ2n) is 6.44. The SMILES string of the molecule is Cc1ccccc1OCCN(C)C(=O)Cn1c(C(F)(F)F)nc2ccccc21. The van der Waals surface area contributed by atoms with Crippen molar-refractivity contribution in [2.45, 2.75) is 19.6 Å². The lowest BCUT2D eigenvalue weighted by atomic mass is 10.2. The molecular weight excluding hydrogens is 371 g/mol. The molecule has 1 amide bonds. The maximum absolute atomic E-state index is 13.3. The minimum absolute atomic E-state index is 0.202. The van der Waals surface area contributed by atoms with E-state index in [0.717, 1.165) is 10.1 Å². The average Bonchev–Trinajstić information content (AvgIpc) is 3.02. The van der Waals surface area contributed by atoms with Crippen LogP contribution in [0.4, 0.5) is 13.2 Å². The molecule has 3 rings (SSSR count). The number of aromatic nitrogens is 2. The predicted molar refractivity (Wildman–Crippen MR) is 99.0 cm³/mol. The topological polar surface area (TPSA) is 47.4 Å². The molecule has 0 aliphatic heterocycles. The van der Waals surface area contributed by atoms with E-state index >= 15 is 0 Å². The third-order valence-corrected chi connectivity index (χ3v) is 4.41. The first kappa shape index (κ1) is 19.7. The Labute approximate surface area is 160 Å². The molecule has 28 heavy (non-hydrogen) atoms. The van der Waals surface area contributed by atoms with Gasteiger partial charge in [-0.1, -0.05) is 30.3 Å². The number of alkyl halides is 3. The highest BCUT2D eigenvalue weighted by molar-refractivity contribution is 5.81. The van der Waals surface area contributed by atoms with Gasteiger partial charge in [0.2, 0.25) is 11.7 Å². The minimum atomic E-state index is -4.65. The summed E-state index contributed by atoms with van der Waals surface area (Å²) in [5.74, 6) is -0.822. The number of likely N-dealkylation sites (N-methyl/N-ethyl adjacent to an activating group) is 1. The molecule has 0 N–H and O–H groups in total. The molecule has 0 saturated carbocycles. The van der Waals surface area contributed by atoms with E-state index in [1.807, 2.05) is 31.2 Å². The molecule has 1 aromatic heterocycles. The van der Waals surface area contributed by atoms with E-state index < -0.39 is 24.5 Å². The number of nitrogens with zero attached hydrogens (tertiary/aromatic N) is 3. The lowest BCUT2D eigenvalue weighted by molar-refractivity contribution is -0.148. The molecule has 5 nitrogen and oxygen atoms in total. The van der Waals surface area contributed by atoms with E-state index in [1.165, 1.54) is 24.1 Å². The van der Waals surface area contributed by atoms with Crippen molar-refractivity contribution in [3.05, 3.63) is 59.9 Å². The van der Waals surface area contributed by atoms with E-state index in [0.29, 0.717) is 5.75 Å². The summed E-state index contributed by atoms with van der Waals surface area (Å²) in [5.41, 5.74) is 1.44. The van der Waals surface area contributed by atoms with Gasteiger partial charge in [0.1, 0.15) is 18.9 Å². The molecule has 0 aliphatic carbocycles. The first-order chi connectivity index (χ1) is 13.3. The highest BCUT2D eigenvalue weighted by Gasteiger charge is 2.38. The van der Waals surface area contributed by atoms with Crippen LogP contribution in [-0.4, -0.2) is 40.6 Å².